The molecule has 0 saturated heterocycles. The average Bonchev–Trinajstić information content (AvgIpc) is 3.17. The zero-order valence-corrected chi connectivity index (χ0v) is 18.2. The largest absolute Gasteiger partial charge is 0.326 e. The maximum atomic E-state index is 12.6. The molecule has 154 valence electrons. The van der Waals surface area contributed by atoms with E-state index in [1.165, 1.54) is 13.1 Å². The number of thioether (sulfide) groups is 1. The molecule has 0 spiro atoms. The van der Waals surface area contributed by atoms with Gasteiger partial charge in [-0.15, -0.1) is 0 Å². The molecule has 0 bridgehead atoms. The molecule has 0 unspecified atom stereocenters. The number of allylic oxidation sites excluding steroid dienone is 2. The number of hydrogen-bond donors (Lipinski definition) is 2. The lowest BCUT2D eigenvalue weighted by Crippen LogP contribution is -2.17. The average molecular weight is 421 g/mol. The fourth-order valence-corrected chi connectivity index (χ4v) is 3.91. The number of anilines is 1. The van der Waals surface area contributed by atoms with Crippen molar-refractivity contribution in [2.75, 3.05) is 5.32 Å². The van der Waals surface area contributed by atoms with Crippen LogP contribution >= 0.6 is 11.8 Å². The number of amides is 1. The number of rotatable bonds is 5. The van der Waals surface area contributed by atoms with E-state index >= 15 is 0 Å². The first-order valence-electron chi connectivity index (χ1n) is 9.66. The maximum absolute atomic E-state index is 12.6. The molecule has 6 nitrogen and oxygen atoms in total. The summed E-state index contributed by atoms with van der Waals surface area (Å²) >= 11 is 1.10. The number of carbonyl (C=O) groups excluding carboxylic acids is 2. The maximum Gasteiger partial charge on any atom is 0.291 e. The van der Waals surface area contributed by atoms with E-state index in [1.54, 1.807) is 0 Å². The topological polar surface area (TPSA) is 98.6 Å². The van der Waals surface area contributed by atoms with Crippen molar-refractivity contribution >= 4 is 38.9 Å². The lowest BCUT2D eigenvalue weighted by Gasteiger charge is -2.29. The molecule has 1 amide bonds. The third-order valence-electron chi connectivity index (χ3n) is 5.09. The van der Waals surface area contributed by atoms with Crippen LogP contribution in [0.2, 0.25) is 0 Å². The van der Waals surface area contributed by atoms with E-state index in [4.69, 9.17) is 5.26 Å². The Kier molecular flexibility index (Phi) is 6.28. The molecule has 1 aromatic carbocycles. The second kappa shape index (κ2) is 8.72. The van der Waals surface area contributed by atoms with Crippen LogP contribution in [0.25, 0.3) is 10.5 Å². The number of H-pyrrole nitrogens is 1. The molecule has 1 heterocycles. The molecule has 0 atom stereocenters. The van der Waals surface area contributed by atoms with Gasteiger partial charge in [-0.1, -0.05) is 44.3 Å². The molecule has 0 saturated carbocycles. The lowest BCUT2D eigenvalue weighted by molar-refractivity contribution is -0.109. The monoisotopic (exact) mass is 420 g/mol. The first-order chi connectivity index (χ1) is 14.2. The van der Waals surface area contributed by atoms with Crippen LogP contribution in [0.1, 0.15) is 67.5 Å². The Morgan fingerprint density at radius 3 is 2.73 bits per heavy atom. The smallest absolute Gasteiger partial charge is 0.291 e. The van der Waals surface area contributed by atoms with Crippen LogP contribution in [0.5, 0.6) is 0 Å². The normalized spacial score (nSPS) is 15.1. The van der Waals surface area contributed by atoms with Gasteiger partial charge >= 0.3 is 0 Å². The Balaban J connectivity index is 1.96. The highest BCUT2D eigenvalue weighted by atomic mass is 32.2. The first kappa shape index (κ1) is 21.6. The van der Waals surface area contributed by atoms with Gasteiger partial charge in [0, 0.05) is 23.1 Å². The summed E-state index contributed by atoms with van der Waals surface area (Å²) in [5.74, 6) is -0.337. The predicted octanol–water partition coefficient (Wildman–Crippen LogP) is 5.38. The van der Waals surface area contributed by atoms with Crippen molar-refractivity contribution in [3.05, 3.63) is 59.7 Å². The van der Waals surface area contributed by atoms with Gasteiger partial charge in [-0.3, -0.25) is 9.59 Å². The Labute approximate surface area is 180 Å². The van der Waals surface area contributed by atoms with Gasteiger partial charge < -0.3 is 10.3 Å². The highest BCUT2D eigenvalue weighted by Crippen LogP contribution is 2.41. The van der Waals surface area contributed by atoms with Crippen molar-refractivity contribution in [1.82, 2.24) is 9.97 Å². The molecule has 2 aromatic rings. The number of aromatic nitrogens is 2. The second-order valence-corrected chi connectivity index (χ2v) is 9.36. The molecule has 0 aliphatic heterocycles. The number of aromatic amines is 1. The van der Waals surface area contributed by atoms with E-state index in [9.17, 15) is 9.59 Å². The molecule has 2 N–H and O–H groups in total. The minimum absolute atomic E-state index is 0.0244. The van der Waals surface area contributed by atoms with Crippen molar-refractivity contribution in [2.45, 2.75) is 40.0 Å². The molecule has 1 aliphatic rings. The standard InChI is InChI=1S/C23H24N4O2S/c1-14(30-15(2)28)17-5-6-20(27-22(29)21-25-13-18(12-24)26-21)19(11-17)16-7-9-23(3,4)10-8-16/h5-7,11,13H,1,8-10H2,2-4H3,(H,25,26)(H,27,29). The summed E-state index contributed by atoms with van der Waals surface area (Å²) in [5.41, 5.74) is 4.05. The Bertz CT molecular complexity index is 1090. The number of carbonyl (C=O) groups is 2. The Hall–Kier alpha value is -3.11. The van der Waals surface area contributed by atoms with Gasteiger partial charge in [-0.05, 0) is 47.9 Å². The van der Waals surface area contributed by atoms with E-state index in [0.717, 1.165) is 47.7 Å². The summed E-state index contributed by atoms with van der Waals surface area (Å²) in [7, 11) is 0. The van der Waals surface area contributed by atoms with Crippen molar-refractivity contribution in [2.24, 2.45) is 5.41 Å². The highest BCUT2D eigenvalue weighted by Gasteiger charge is 2.24. The summed E-state index contributed by atoms with van der Waals surface area (Å²) in [4.78, 5) is 31.5. The number of nitriles is 1. The van der Waals surface area contributed by atoms with Gasteiger partial charge in [0.15, 0.2) is 10.9 Å². The van der Waals surface area contributed by atoms with E-state index in [1.807, 2.05) is 24.3 Å². The zero-order chi connectivity index (χ0) is 21.9. The van der Waals surface area contributed by atoms with Gasteiger partial charge in [0.2, 0.25) is 0 Å². The molecule has 1 aliphatic carbocycles. The van der Waals surface area contributed by atoms with Gasteiger partial charge in [-0.2, -0.15) is 5.26 Å². The zero-order valence-electron chi connectivity index (χ0n) is 17.3. The molecule has 30 heavy (non-hydrogen) atoms. The number of hydrogen-bond acceptors (Lipinski definition) is 5. The van der Waals surface area contributed by atoms with Gasteiger partial charge in [-0.25, -0.2) is 4.98 Å². The summed E-state index contributed by atoms with van der Waals surface area (Å²) in [6.07, 6.45) is 6.44. The Morgan fingerprint density at radius 1 is 1.37 bits per heavy atom. The number of imidazole rings is 1. The van der Waals surface area contributed by atoms with Crippen LogP contribution in [-0.2, 0) is 4.79 Å². The minimum Gasteiger partial charge on any atom is -0.326 e. The fourth-order valence-electron chi connectivity index (χ4n) is 3.32. The molecule has 7 heteroatoms. The fraction of sp³-hybridized carbons (Fsp3) is 0.304. The van der Waals surface area contributed by atoms with E-state index in [2.05, 4.69) is 41.8 Å². The molecular weight excluding hydrogens is 396 g/mol. The summed E-state index contributed by atoms with van der Waals surface area (Å²) in [6.45, 7) is 10.0. The highest BCUT2D eigenvalue weighted by molar-refractivity contribution is 8.21. The van der Waals surface area contributed by atoms with Gasteiger partial charge in [0.1, 0.15) is 11.8 Å². The van der Waals surface area contributed by atoms with Crippen LogP contribution < -0.4 is 5.32 Å². The number of nitrogens with one attached hydrogen (secondary N) is 2. The first-order valence-corrected chi connectivity index (χ1v) is 10.5. The van der Waals surface area contributed by atoms with E-state index in [0.29, 0.717) is 10.6 Å². The van der Waals surface area contributed by atoms with Crippen molar-refractivity contribution in [1.29, 1.82) is 5.26 Å². The SMILES string of the molecule is C=C(SC(C)=O)c1ccc(NC(=O)c2ncc(C#N)[nH]2)c(C2=CCC(C)(C)CC2)c1. The van der Waals surface area contributed by atoms with Crippen LogP contribution in [0.3, 0.4) is 0 Å². The Morgan fingerprint density at radius 2 is 2.13 bits per heavy atom. The third kappa shape index (κ3) is 5.08. The predicted molar refractivity (Wildman–Crippen MR) is 121 cm³/mol. The van der Waals surface area contributed by atoms with Crippen LogP contribution in [0, 0.1) is 16.7 Å². The summed E-state index contributed by atoms with van der Waals surface area (Å²) in [6, 6.07) is 7.56. The van der Waals surface area contributed by atoms with E-state index < -0.39 is 5.91 Å². The van der Waals surface area contributed by atoms with Gasteiger partial charge in [0.05, 0.1) is 6.20 Å². The second-order valence-electron chi connectivity index (χ2n) is 8.09. The third-order valence-corrected chi connectivity index (χ3v) is 5.86. The van der Waals surface area contributed by atoms with Crippen LogP contribution in [0.15, 0.2) is 37.1 Å². The van der Waals surface area contributed by atoms with Crippen LogP contribution in [0.4, 0.5) is 5.69 Å². The molecular formula is C23H24N4O2S. The molecule has 1 aromatic heterocycles. The van der Waals surface area contributed by atoms with Crippen LogP contribution in [-0.4, -0.2) is 21.0 Å². The summed E-state index contributed by atoms with van der Waals surface area (Å²) in [5, 5.41) is 11.8. The molecule has 0 radical (unpaired) electrons. The number of benzene rings is 1. The lowest BCUT2D eigenvalue weighted by atomic mass is 9.76. The molecule has 3 rings (SSSR count). The molecule has 0 fully saturated rings. The number of nitrogens with zero attached hydrogens (tertiary/aromatic N) is 2. The summed E-state index contributed by atoms with van der Waals surface area (Å²) < 4.78 is 0. The quantitative estimate of drug-likeness (QED) is 0.677. The minimum atomic E-state index is -0.417. The van der Waals surface area contributed by atoms with Crippen molar-refractivity contribution in [3.63, 3.8) is 0 Å². The van der Waals surface area contributed by atoms with Crippen molar-refractivity contribution < 1.29 is 9.59 Å². The van der Waals surface area contributed by atoms with Crippen molar-refractivity contribution in [3.8, 4) is 6.07 Å². The van der Waals surface area contributed by atoms with E-state index in [-0.39, 0.29) is 22.0 Å². The van der Waals surface area contributed by atoms with Gasteiger partial charge in [0.25, 0.3) is 5.91 Å².